The zero-order valence-electron chi connectivity index (χ0n) is 6.85. The van der Waals surface area contributed by atoms with Gasteiger partial charge in [0.25, 0.3) is 0 Å². The first kappa shape index (κ1) is 7.52. The highest BCUT2D eigenvalue weighted by Gasteiger charge is 2.00. The van der Waals surface area contributed by atoms with Crippen molar-refractivity contribution >= 4 is 5.71 Å². The summed E-state index contributed by atoms with van der Waals surface area (Å²) >= 11 is 0. The first-order chi connectivity index (χ1) is 4.83. The van der Waals surface area contributed by atoms with Crippen LogP contribution in [-0.4, -0.2) is 5.71 Å². The van der Waals surface area contributed by atoms with Gasteiger partial charge >= 0.3 is 0 Å². The lowest BCUT2D eigenvalue weighted by atomic mass is 10.1. The first-order valence-electron chi connectivity index (χ1n) is 4.06. The van der Waals surface area contributed by atoms with Crippen LogP contribution in [0.1, 0.15) is 39.5 Å². The lowest BCUT2D eigenvalue weighted by Crippen LogP contribution is -1.97. The molecule has 56 valence electrons. The third-order valence-corrected chi connectivity index (χ3v) is 1.73. The molecule has 0 atom stereocenters. The van der Waals surface area contributed by atoms with Crippen LogP contribution in [0, 0.1) is 0 Å². The number of hydrogen-bond donors (Lipinski definition) is 0. The Hall–Kier alpha value is -0.590. The van der Waals surface area contributed by atoms with Crippen LogP contribution in [0.25, 0.3) is 0 Å². The molecule has 0 N–H and O–H groups in total. The predicted octanol–water partition coefficient (Wildman–Crippen LogP) is 2.93. The molecule has 0 radical (unpaired) electrons. The van der Waals surface area contributed by atoms with Crippen molar-refractivity contribution in [1.29, 1.82) is 0 Å². The molecule has 1 nitrogen and oxygen atoms in total. The van der Waals surface area contributed by atoms with E-state index < -0.39 is 0 Å². The Morgan fingerprint density at radius 3 is 3.00 bits per heavy atom. The summed E-state index contributed by atoms with van der Waals surface area (Å²) in [6.45, 7) is 4.31. The Morgan fingerprint density at radius 1 is 1.60 bits per heavy atom. The van der Waals surface area contributed by atoms with Gasteiger partial charge in [-0.15, -0.1) is 0 Å². The molecule has 1 heteroatoms. The smallest absolute Gasteiger partial charge is 0.0363 e. The van der Waals surface area contributed by atoms with Crippen molar-refractivity contribution in [2.45, 2.75) is 39.5 Å². The second-order valence-corrected chi connectivity index (χ2v) is 2.83. The van der Waals surface area contributed by atoms with Gasteiger partial charge in [-0.05, 0) is 26.2 Å². The molecule has 0 aromatic rings. The molecule has 0 unspecified atom stereocenters. The number of rotatable bonds is 2. The van der Waals surface area contributed by atoms with Gasteiger partial charge in [-0.25, -0.2) is 0 Å². The Bertz CT molecular complexity index is 166. The zero-order valence-corrected chi connectivity index (χ0v) is 6.85. The van der Waals surface area contributed by atoms with Crippen LogP contribution in [0.2, 0.25) is 0 Å². The van der Waals surface area contributed by atoms with E-state index in [4.69, 9.17) is 0 Å². The maximum Gasteiger partial charge on any atom is 0.0363 e. The maximum absolute atomic E-state index is 4.45. The first-order valence-corrected chi connectivity index (χ1v) is 4.06. The topological polar surface area (TPSA) is 12.4 Å². The highest BCUT2D eigenvalue weighted by molar-refractivity contribution is 5.83. The van der Waals surface area contributed by atoms with Crippen molar-refractivity contribution < 1.29 is 0 Å². The molecule has 0 bridgehead atoms. The van der Waals surface area contributed by atoms with Crippen LogP contribution in [-0.2, 0) is 0 Å². The van der Waals surface area contributed by atoms with Gasteiger partial charge in [0.15, 0.2) is 0 Å². The number of hydrogen-bond acceptors (Lipinski definition) is 1. The average molecular weight is 137 g/mol. The summed E-state index contributed by atoms with van der Waals surface area (Å²) in [6.07, 6.45) is 6.98. The summed E-state index contributed by atoms with van der Waals surface area (Å²) in [5.74, 6) is 0. The predicted molar refractivity (Wildman–Crippen MR) is 45.3 cm³/mol. The SMILES string of the molecule is CCCC1=CCCC(C)=N1. The number of aliphatic imine (C=N–C) groups is 1. The van der Waals surface area contributed by atoms with E-state index >= 15 is 0 Å². The van der Waals surface area contributed by atoms with Gasteiger partial charge in [0.2, 0.25) is 0 Å². The van der Waals surface area contributed by atoms with Crippen molar-refractivity contribution in [1.82, 2.24) is 0 Å². The lowest BCUT2D eigenvalue weighted by Gasteiger charge is -2.07. The molecule has 1 heterocycles. The Morgan fingerprint density at radius 2 is 2.40 bits per heavy atom. The molecule has 0 saturated carbocycles. The van der Waals surface area contributed by atoms with Gasteiger partial charge < -0.3 is 0 Å². The van der Waals surface area contributed by atoms with E-state index in [1.54, 1.807) is 0 Å². The Kier molecular flexibility index (Phi) is 2.67. The van der Waals surface area contributed by atoms with E-state index in [0.29, 0.717) is 0 Å². The third-order valence-electron chi connectivity index (χ3n) is 1.73. The van der Waals surface area contributed by atoms with E-state index in [9.17, 15) is 0 Å². The fraction of sp³-hybridized carbons (Fsp3) is 0.667. The van der Waals surface area contributed by atoms with Gasteiger partial charge in [0.1, 0.15) is 0 Å². The van der Waals surface area contributed by atoms with Crippen LogP contribution in [0.3, 0.4) is 0 Å². The second kappa shape index (κ2) is 3.55. The molecular formula is C9H15N. The maximum atomic E-state index is 4.45. The summed E-state index contributed by atoms with van der Waals surface area (Å²) in [7, 11) is 0. The highest BCUT2D eigenvalue weighted by atomic mass is 14.8. The fourth-order valence-electron chi connectivity index (χ4n) is 1.21. The van der Waals surface area contributed by atoms with Crippen LogP contribution >= 0.6 is 0 Å². The van der Waals surface area contributed by atoms with Gasteiger partial charge in [-0.3, -0.25) is 4.99 Å². The quantitative estimate of drug-likeness (QED) is 0.555. The lowest BCUT2D eigenvalue weighted by molar-refractivity contribution is 0.861. The van der Waals surface area contributed by atoms with Gasteiger partial charge in [-0.2, -0.15) is 0 Å². The highest BCUT2D eigenvalue weighted by Crippen LogP contribution is 2.14. The Labute approximate surface area is 62.9 Å². The summed E-state index contributed by atoms with van der Waals surface area (Å²) in [5, 5.41) is 0. The third kappa shape index (κ3) is 1.98. The van der Waals surface area contributed by atoms with E-state index in [1.165, 1.54) is 24.3 Å². The van der Waals surface area contributed by atoms with Crippen LogP contribution in [0.5, 0.6) is 0 Å². The molecule has 1 rings (SSSR count). The van der Waals surface area contributed by atoms with Gasteiger partial charge in [-0.1, -0.05) is 19.4 Å². The van der Waals surface area contributed by atoms with Crippen molar-refractivity contribution in [3.63, 3.8) is 0 Å². The minimum atomic E-state index is 1.15. The van der Waals surface area contributed by atoms with Crippen molar-refractivity contribution in [3.05, 3.63) is 11.8 Å². The number of allylic oxidation sites excluding steroid dienone is 2. The van der Waals surface area contributed by atoms with Crippen LogP contribution in [0.4, 0.5) is 0 Å². The molecule has 10 heavy (non-hydrogen) atoms. The minimum absolute atomic E-state index is 1.15. The van der Waals surface area contributed by atoms with Crippen LogP contribution in [0.15, 0.2) is 16.8 Å². The average Bonchev–Trinajstić information content (AvgIpc) is 1.88. The monoisotopic (exact) mass is 137 g/mol. The van der Waals surface area contributed by atoms with E-state index in [-0.39, 0.29) is 0 Å². The molecule has 0 fully saturated rings. The summed E-state index contributed by atoms with van der Waals surface area (Å²) in [5.41, 5.74) is 2.59. The summed E-state index contributed by atoms with van der Waals surface area (Å²) in [6, 6.07) is 0. The number of nitrogens with zero attached hydrogens (tertiary/aromatic N) is 1. The molecule has 0 amide bonds. The van der Waals surface area contributed by atoms with Crippen molar-refractivity contribution in [2.75, 3.05) is 0 Å². The molecule has 0 spiro atoms. The normalized spacial score (nSPS) is 18.2. The summed E-state index contributed by atoms with van der Waals surface area (Å²) < 4.78 is 0. The van der Waals surface area contributed by atoms with E-state index in [1.807, 2.05) is 0 Å². The van der Waals surface area contributed by atoms with Crippen molar-refractivity contribution in [3.8, 4) is 0 Å². The molecule has 0 aromatic carbocycles. The summed E-state index contributed by atoms with van der Waals surface area (Å²) in [4.78, 5) is 4.45. The molecule has 1 aliphatic rings. The molecular weight excluding hydrogens is 122 g/mol. The second-order valence-electron chi connectivity index (χ2n) is 2.83. The van der Waals surface area contributed by atoms with Crippen molar-refractivity contribution in [2.24, 2.45) is 4.99 Å². The minimum Gasteiger partial charge on any atom is -0.263 e. The Balaban J connectivity index is 2.51. The molecule has 1 aliphatic heterocycles. The van der Waals surface area contributed by atoms with E-state index in [2.05, 4.69) is 24.9 Å². The van der Waals surface area contributed by atoms with E-state index in [0.717, 1.165) is 12.8 Å². The van der Waals surface area contributed by atoms with Crippen LogP contribution < -0.4 is 0 Å². The molecule has 0 saturated heterocycles. The molecule has 0 aliphatic carbocycles. The largest absolute Gasteiger partial charge is 0.263 e. The zero-order chi connectivity index (χ0) is 7.40. The molecule has 0 aromatic heterocycles. The van der Waals surface area contributed by atoms with Gasteiger partial charge in [0, 0.05) is 11.4 Å². The van der Waals surface area contributed by atoms with Gasteiger partial charge in [0.05, 0.1) is 0 Å². The standard InChI is InChI=1S/C9H15N/c1-3-5-9-7-4-6-8(2)10-9/h7H,3-6H2,1-2H3. The fourth-order valence-corrected chi connectivity index (χ4v) is 1.21.